The maximum atomic E-state index is 4.27. The van der Waals surface area contributed by atoms with E-state index in [0.29, 0.717) is 6.04 Å². The molecule has 0 radical (unpaired) electrons. The molecule has 2 rings (SSSR count). The highest BCUT2D eigenvalue weighted by Gasteiger charge is 2.31. The number of aromatic nitrogens is 1. The molecule has 1 saturated carbocycles. The van der Waals surface area contributed by atoms with Crippen LogP contribution in [0.1, 0.15) is 22.7 Å². The van der Waals surface area contributed by atoms with E-state index >= 15 is 0 Å². The third-order valence-electron chi connectivity index (χ3n) is 3.15. The van der Waals surface area contributed by atoms with Crippen LogP contribution in [0.25, 0.3) is 0 Å². The van der Waals surface area contributed by atoms with Crippen LogP contribution in [0.2, 0.25) is 0 Å². The van der Waals surface area contributed by atoms with Gasteiger partial charge in [0, 0.05) is 30.2 Å². The third-order valence-corrected chi connectivity index (χ3v) is 4.06. The molecule has 16 heavy (non-hydrogen) atoms. The molecular weight excluding hydrogens is 218 g/mol. The first-order valence-electron chi connectivity index (χ1n) is 5.95. The van der Waals surface area contributed by atoms with E-state index in [9.17, 15) is 0 Å². The Morgan fingerprint density at radius 3 is 2.81 bits per heavy atom. The second-order valence-corrected chi connectivity index (χ2v) is 6.16. The zero-order chi connectivity index (χ0) is 11.5. The van der Waals surface area contributed by atoms with Gasteiger partial charge < -0.3 is 10.2 Å². The maximum Gasteiger partial charge on any atom is 0.0897 e. The Labute approximate surface area is 102 Å². The Bertz CT molecular complexity index is 329. The summed E-state index contributed by atoms with van der Waals surface area (Å²) in [7, 11) is 4.36. The molecule has 0 spiro atoms. The molecule has 90 valence electrons. The summed E-state index contributed by atoms with van der Waals surface area (Å²) in [4.78, 5) is 7.95. The van der Waals surface area contributed by atoms with Crippen molar-refractivity contribution in [2.45, 2.75) is 32.4 Å². The van der Waals surface area contributed by atoms with Crippen LogP contribution >= 0.6 is 11.3 Å². The van der Waals surface area contributed by atoms with Gasteiger partial charge in [0.2, 0.25) is 0 Å². The van der Waals surface area contributed by atoms with Gasteiger partial charge in [-0.25, -0.2) is 4.98 Å². The van der Waals surface area contributed by atoms with Crippen molar-refractivity contribution in [3.63, 3.8) is 0 Å². The first-order valence-corrected chi connectivity index (χ1v) is 6.77. The van der Waals surface area contributed by atoms with Crippen LogP contribution < -0.4 is 5.32 Å². The molecule has 1 aliphatic rings. The highest BCUT2D eigenvalue weighted by molar-refractivity contribution is 7.11. The smallest absolute Gasteiger partial charge is 0.0897 e. The Kier molecular flexibility index (Phi) is 3.95. The van der Waals surface area contributed by atoms with E-state index < -0.39 is 0 Å². The lowest BCUT2D eigenvalue weighted by Crippen LogP contribution is -2.39. The minimum atomic E-state index is 0.703. The minimum Gasteiger partial charge on any atom is -0.310 e. The quantitative estimate of drug-likeness (QED) is 0.821. The first-order chi connectivity index (χ1) is 7.66. The number of thiazole rings is 1. The van der Waals surface area contributed by atoms with Crippen molar-refractivity contribution in [2.75, 3.05) is 20.6 Å². The molecule has 1 aromatic rings. The van der Waals surface area contributed by atoms with Crippen LogP contribution in [0, 0.1) is 12.8 Å². The van der Waals surface area contributed by atoms with Crippen LogP contribution in [0.15, 0.2) is 6.20 Å². The van der Waals surface area contributed by atoms with E-state index in [1.54, 1.807) is 11.3 Å². The van der Waals surface area contributed by atoms with Crippen molar-refractivity contribution in [2.24, 2.45) is 5.92 Å². The number of nitrogens with zero attached hydrogens (tertiary/aromatic N) is 2. The molecule has 0 aliphatic heterocycles. The summed E-state index contributed by atoms with van der Waals surface area (Å²) in [5.74, 6) is 0.922. The normalized spacial score (nSPS) is 18.0. The van der Waals surface area contributed by atoms with Gasteiger partial charge in [0.1, 0.15) is 0 Å². The Hall–Kier alpha value is -0.450. The minimum absolute atomic E-state index is 0.703. The van der Waals surface area contributed by atoms with Gasteiger partial charge in [-0.1, -0.05) is 0 Å². The Morgan fingerprint density at radius 1 is 1.56 bits per heavy atom. The van der Waals surface area contributed by atoms with E-state index in [-0.39, 0.29) is 0 Å². The van der Waals surface area contributed by atoms with Gasteiger partial charge >= 0.3 is 0 Å². The molecular formula is C12H21N3S. The highest BCUT2D eigenvalue weighted by atomic mass is 32.1. The van der Waals surface area contributed by atoms with Crippen molar-refractivity contribution >= 4 is 11.3 Å². The molecule has 4 heteroatoms. The summed E-state index contributed by atoms with van der Waals surface area (Å²) in [5.41, 5.74) is 0. The van der Waals surface area contributed by atoms with Gasteiger partial charge in [-0.15, -0.1) is 11.3 Å². The van der Waals surface area contributed by atoms with Crippen molar-refractivity contribution < 1.29 is 0 Å². The average Bonchev–Trinajstić information content (AvgIpc) is 2.97. The number of hydrogen-bond acceptors (Lipinski definition) is 4. The molecule has 0 aromatic carbocycles. The van der Waals surface area contributed by atoms with Gasteiger partial charge in [-0.05, 0) is 39.8 Å². The van der Waals surface area contributed by atoms with Crippen LogP contribution in [-0.4, -0.2) is 36.6 Å². The molecule has 0 bridgehead atoms. The lowest BCUT2D eigenvalue weighted by atomic mass is 10.1. The van der Waals surface area contributed by atoms with Gasteiger partial charge in [-0.2, -0.15) is 0 Å². The van der Waals surface area contributed by atoms with Crippen LogP contribution in [0.4, 0.5) is 0 Å². The fourth-order valence-corrected chi connectivity index (χ4v) is 2.85. The van der Waals surface area contributed by atoms with Crippen LogP contribution in [-0.2, 0) is 6.54 Å². The summed E-state index contributed by atoms with van der Waals surface area (Å²) in [6.07, 6.45) is 4.79. The van der Waals surface area contributed by atoms with Gasteiger partial charge in [0.05, 0.1) is 5.01 Å². The molecule has 1 N–H and O–H groups in total. The summed E-state index contributed by atoms with van der Waals surface area (Å²) in [6, 6.07) is 0.703. The summed E-state index contributed by atoms with van der Waals surface area (Å²) in [5, 5.41) is 4.70. The summed E-state index contributed by atoms with van der Waals surface area (Å²) in [6.45, 7) is 4.11. The predicted molar refractivity (Wildman–Crippen MR) is 68.8 cm³/mol. The van der Waals surface area contributed by atoms with Crippen molar-refractivity contribution in [1.82, 2.24) is 15.2 Å². The molecule has 0 saturated heterocycles. The maximum absolute atomic E-state index is 4.27. The molecule has 1 atom stereocenters. The average molecular weight is 239 g/mol. The predicted octanol–water partition coefficient (Wildman–Crippen LogP) is 1.88. The lowest BCUT2D eigenvalue weighted by Gasteiger charge is -2.24. The highest BCUT2D eigenvalue weighted by Crippen LogP contribution is 2.34. The second kappa shape index (κ2) is 5.25. The lowest BCUT2D eigenvalue weighted by molar-refractivity contribution is 0.255. The largest absolute Gasteiger partial charge is 0.310 e. The third kappa shape index (κ3) is 3.27. The van der Waals surface area contributed by atoms with E-state index in [2.05, 4.69) is 36.2 Å². The monoisotopic (exact) mass is 239 g/mol. The van der Waals surface area contributed by atoms with Crippen molar-refractivity contribution in [3.8, 4) is 0 Å². The SMILES string of the molecule is Cc1ncc(CNCC(C2CC2)N(C)C)s1. The number of hydrogen-bond donors (Lipinski definition) is 1. The molecule has 1 heterocycles. The van der Waals surface area contributed by atoms with E-state index in [4.69, 9.17) is 0 Å². The number of rotatable bonds is 6. The van der Waals surface area contributed by atoms with E-state index in [1.165, 1.54) is 17.7 Å². The fraction of sp³-hybridized carbons (Fsp3) is 0.750. The van der Waals surface area contributed by atoms with E-state index in [0.717, 1.165) is 24.0 Å². The van der Waals surface area contributed by atoms with Crippen molar-refractivity contribution in [1.29, 1.82) is 0 Å². The molecule has 3 nitrogen and oxygen atoms in total. The van der Waals surface area contributed by atoms with Gasteiger partial charge in [0.25, 0.3) is 0 Å². The zero-order valence-corrected chi connectivity index (χ0v) is 11.2. The summed E-state index contributed by atoms with van der Waals surface area (Å²) >= 11 is 1.78. The molecule has 1 aliphatic carbocycles. The molecule has 1 fully saturated rings. The molecule has 0 amide bonds. The Balaban J connectivity index is 1.74. The molecule has 1 unspecified atom stereocenters. The van der Waals surface area contributed by atoms with Crippen molar-refractivity contribution in [3.05, 3.63) is 16.1 Å². The van der Waals surface area contributed by atoms with Crippen LogP contribution in [0.5, 0.6) is 0 Å². The molecule has 1 aromatic heterocycles. The topological polar surface area (TPSA) is 28.2 Å². The Morgan fingerprint density at radius 2 is 2.31 bits per heavy atom. The second-order valence-electron chi connectivity index (χ2n) is 4.84. The van der Waals surface area contributed by atoms with Gasteiger partial charge in [0.15, 0.2) is 0 Å². The standard InChI is InChI=1S/C12H21N3S/c1-9-14-7-11(16-9)6-13-8-12(15(2)3)10-4-5-10/h7,10,12-13H,4-6,8H2,1-3H3. The number of nitrogens with one attached hydrogen (secondary N) is 1. The van der Waals surface area contributed by atoms with Gasteiger partial charge in [-0.3, -0.25) is 0 Å². The number of aryl methyl sites for hydroxylation is 1. The number of likely N-dealkylation sites (N-methyl/N-ethyl adjacent to an activating group) is 1. The summed E-state index contributed by atoms with van der Waals surface area (Å²) < 4.78 is 0. The fourth-order valence-electron chi connectivity index (χ4n) is 2.08. The zero-order valence-electron chi connectivity index (χ0n) is 10.4. The first kappa shape index (κ1) is 12.0. The van der Waals surface area contributed by atoms with E-state index in [1.807, 2.05) is 6.20 Å². The van der Waals surface area contributed by atoms with Crippen LogP contribution in [0.3, 0.4) is 0 Å².